The Bertz CT molecular complexity index is 1040. The summed E-state index contributed by atoms with van der Waals surface area (Å²) in [5.74, 6) is -0.286. The zero-order valence-corrected chi connectivity index (χ0v) is 18.8. The van der Waals surface area contributed by atoms with Gasteiger partial charge in [0.15, 0.2) is 0 Å². The number of hydrogen-bond donors (Lipinski definition) is 2. The molecule has 0 bridgehead atoms. The summed E-state index contributed by atoms with van der Waals surface area (Å²) in [4.78, 5) is 28.6. The van der Waals surface area contributed by atoms with E-state index in [1.165, 1.54) is 12.1 Å². The van der Waals surface area contributed by atoms with Crippen molar-refractivity contribution in [3.8, 4) is 0 Å². The summed E-state index contributed by atoms with van der Waals surface area (Å²) in [6.07, 6.45) is -4.40. The molecule has 1 atom stereocenters. The SMILES string of the molecule is Cc1cc(C(=O)NCC(c2ccc(C(F)(F)F)cc2)N2CCOCC2)ccc1N1CCNC1=O. The van der Waals surface area contributed by atoms with Crippen molar-refractivity contribution < 1.29 is 27.5 Å². The lowest BCUT2D eigenvalue weighted by molar-refractivity contribution is -0.137. The predicted octanol–water partition coefficient (Wildman–Crippen LogP) is 3.35. The molecule has 3 amide bonds. The lowest BCUT2D eigenvalue weighted by Crippen LogP contribution is -2.43. The summed E-state index contributed by atoms with van der Waals surface area (Å²) in [7, 11) is 0. The van der Waals surface area contributed by atoms with Crippen LogP contribution in [0, 0.1) is 6.92 Å². The zero-order chi connectivity index (χ0) is 24.3. The van der Waals surface area contributed by atoms with Gasteiger partial charge in [-0.2, -0.15) is 13.2 Å². The number of urea groups is 1. The molecule has 2 aliphatic heterocycles. The minimum atomic E-state index is -4.40. The van der Waals surface area contributed by atoms with Gasteiger partial charge >= 0.3 is 12.2 Å². The number of alkyl halides is 3. The third-order valence-electron chi connectivity index (χ3n) is 6.17. The van der Waals surface area contributed by atoms with Crippen LogP contribution in [0.4, 0.5) is 23.7 Å². The highest BCUT2D eigenvalue weighted by Crippen LogP contribution is 2.31. The molecule has 0 aliphatic carbocycles. The number of carbonyl (C=O) groups is 2. The van der Waals surface area contributed by atoms with E-state index < -0.39 is 11.7 Å². The van der Waals surface area contributed by atoms with E-state index in [1.807, 2.05) is 6.92 Å². The summed E-state index contributed by atoms with van der Waals surface area (Å²) >= 11 is 0. The molecule has 10 heteroatoms. The summed E-state index contributed by atoms with van der Waals surface area (Å²) in [5, 5.41) is 5.68. The number of morpholine rings is 1. The number of amides is 3. The van der Waals surface area contributed by atoms with E-state index in [0.29, 0.717) is 50.5 Å². The number of hydrogen-bond acceptors (Lipinski definition) is 4. The molecule has 34 heavy (non-hydrogen) atoms. The second kappa shape index (κ2) is 10.0. The van der Waals surface area contributed by atoms with Gasteiger partial charge in [-0.25, -0.2) is 4.79 Å². The van der Waals surface area contributed by atoms with Crippen molar-refractivity contribution in [2.24, 2.45) is 0 Å². The second-order valence-electron chi connectivity index (χ2n) is 8.38. The minimum absolute atomic E-state index is 0.162. The zero-order valence-electron chi connectivity index (χ0n) is 18.8. The first-order valence-corrected chi connectivity index (χ1v) is 11.2. The number of benzene rings is 2. The van der Waals surface area contributed by atoms with Gasteiger partial charge in [0, 0.05) is 44.0 Å². The highest BCUT2D eigenvalue weighted by atomic mass is 19.4. The molecular formula is C24H27F3N4O3. The molecule has 0 radical (unpaired) electrons. The number of nitrogens with one attached hydrogen (secondary N) is 2. The third-order valence-corrected chi connectivity index (χ3v) is 6.17. The molecule has 2 aliphatic rings. The van der Waals surface area contributed by atoms with Crippen molar-refractivity contribution >= 4 is 17.6 Å². The minimum Gasteiger partial charge on any atom is -0.379 e. The number of aryl methyl sites for hydroxylation is 1. The molecule has 7 nitrogen and oxygen atoms in total. The van der Waals surface area contributed by atoms with Crippen LogP contribution >= 0.6 is 0 Å². The van der Waals surface area contributed by atoms with Crippen LogP contribution in [-0.2, 0) is 10.9 Å². The molecule has 0 saturated carbocycles. The molecule has 2 saturated heterocycles. The maximum atomic E-state index is 13.0. The Morgan fingerprint density at radius 1 is 1.12 bits per heavy atom. The summed E-state index contributed by atoms with van der Waals surface area (Å²) in [6.45, 7) is 5.51. The van der Waals surface area contributed by atoms with Crippen molar-refractivity contribution in [3.63, 3.8) is 0 Å². The van der Waals surface area contributed by atoms with Crippen LogP contribution in [-0.4, -0.2) is 62.8 Å². The molecule has 4 rings (SSSR count). The van der Waals surface area contributed by atoms with Gasteiger partial charge in [0.2, 0.25) is 0 Å². The van der Waals surface area contributed by atoms with Crippen LogP contribution in [0.25, 0.3) is 0 Å². The Balaban J connectivity index is 1.48. The number of carbonyl (C=O) groups excluding carboxylic acids is 2. The average molecular weight is 476 g/mol. The molecule has 0 aromatic heterocycles. The van der Waals surface area contributed by atoms with Crippen LogP contribution in [0.2, 0.25) is 0 Å². The van der Waals surface area contributed by atoms with Crippen LogP contribution in [0.3, 0.4) is 0 Å². The Morgan fingerprint density at radius 2 is 1.82 bits per heavy atom. The lowest BCUT2D eigenvalue weighted by Gasteiger charge is -2.35. The van der Waals surface area contributed by atoms with Gasteiger partial charge in [-0.1, -0.05) is 12.1 Å². The largest absolute Gasteiger partial charge is 0.416 e. The molecule has 182 valence electrons. The molecule has 2 aromatic rings. The standard InChI is InChI=1S/C24H27F3N4O3/c1-16-14-18(4-7-20(16)31-9-8-28-23(31)33)22(32)29-15-21(30-10-12-34-13-11-30)17-2-5-19(6-3-17)24(25,26)27/h2-7,14,21H,8-13,15H2,1H3,(H,28,33)(H,29,32). The van der Waals surface area contributed by atoms with Gasteiger partial charge in [-0.3, -0.25) is 14.6 Å². The Labute approximate surface area is 195 Å². The van der Waals surface area contributed by atoms with E-state index in [0.717, 1.165) is 23.4 Å². The number of halogens is 3. The van der Waals surface area contributed by atoms with E-state index in [1.54, 1.807) is 23.1 Å². The van der Waals surface area contributed by atoms with Gasteiger partial charge in [0.25, 0.3) is 5.91 Å². The maximum absolute atomic E-state index is 13.0. The lowest BCUT2D eigenvalue weighted by atomic mass is 10.0. The first-order valence-electron chi connectivity index (χ1n) is 11.2. The van der Waals surface area contributed by atoms with Crippen molar-refractivity contribution in [2.45, 2.75) is 19.1 Å². The van der Waals surface area contributed by atoms with Crippen molar-refractivity contribution in [3.05, 3.63) is 64.7 Å². The smallest absolute Gasteiger partial charge is 0.379 e. The quantitative estimate of drug-likeness (QED) is 0.671. The normalized spacial score (nSPS) is 18.0. The molecule has 1 unspecified atom stereocenters. The fraction of sp³-hybridized carbons (Fsp3) is 0.417. The predicted molar refractivity (Wildman–Crippen MR) is 121 cm³/mol. The summed E-state index contributed by atoms with van der Waals surface area (Å²) in [6, 6.07) is 9.79. The second-order valence-corrected chi connectivity index (χ2v) is 8.38. The first kappa shape index (κ1) is 24.0. The Kier molecular flexibility index (Phi) is 7.08. The fourth-order valence-electron chi connectivity index (χ4n) is 4.33. The molecular weight excluding hydrogens is 449 g/mol. The Hall–Kier alpha value is -3.11. The highest BCUT2D eigenvalue weighted by Gasteiger charge is 2.31. The van der Waals surface area contributed by atoms with E-state index in [9.17, 15) is 22.8 Å². The number of ether oxygens (including phenoxy) is 1. The Morgan fingerprint density at radius 3 is 2.41 bits per heavy atom. The summed E-state index contributed by atoms with van der Waals surface area (Å²) in [5.41, 5.74) is 2.00. The number of anilines is 1. The van der Waals surface area contributed by atoms with Crippen LogP contribution in [0.15, 0.2) is 42.5 Å². The van der Waals surface area contributed by atoms with Crippen LogP contribution < -0.4 is 15.5 Å². The summed E-state index contributed by atoms with van der Waals surface area (Å²) < 4.78 is 44.4. The van der Waals surface area contributed by atoms with Gasteiger partial charge < -0.3 is 15.4 Å². The molecule has 2 aromatic carbocycles. The maximum Gasteiger partial charge on any atom is 0.416 e. The molecule has 0 spiro atoms. The van der Waals surface area contributed by atoms with E-state index >= 15 is 0 Å². The van der Waals surface area contributed by atoms with Gasteiger partial charge in [0.1, 0.15) is 0 Å². The van der Waals surface area contributed by atoms with E-state index in [2.05, 4.69) is 15.5 Å². The van der Waals surface area contributed by atoms with Gasteiger partial charge in [-0.05, 0) is 48.4 Å². The average Bonchev–Trinajstić information content (AvgIpc) is 3.25. The fourth-order valence-corrected chi connectivity index (χ4v) is 4.33. The number of rotatable bonds is 6. The third kappa shape index (κ3) is 5.34. The van der Waals surface area contributed by atoms with Gasteiger partial charge in [-0.15, -0.1) is 0 Å². The van der Waals surface area contributed by atoms with E-state index in [-0.39, 0.29) is 24.5 Å². The molecule has 2 heterocycles. The highest BCUT2D eigenvalue weighted by molar-refractivity contribution is 5.97. The first-order chi connectivity index (χ1) is 16.2. The number of nitrogens with zero attached hydrogens (tertiary/aromatic N) is 2. The molecule has 2 N–H and O–H groups in total. The topological polar surface area (TPSA) is 73.9 Å². The molecule has 2 fully saturated rings. The van der Waals surface area contributed by atoms with Crippen LogP contribution in [0.5, 0.6) is 0 Å². The van der Waals surface area contributed by atoms with Crippen molar-refractivity contribution in [2.75, 3.05) is 50.8 Å². The van der Waals surface area contributed by atoms with Crippen LogP contribution in [0.1, 0.15) is 33.1 Å². The van der Waals surface area contributed by atoms with Crippen molar-refractivity contribution in [1.29, 1.82) is 0 Å². The van der Waals surface area contributed by atoms with E-state index in [4.69, 9.17) is 4.74 Å². The van der Waals surface area contributed by atoms with Gasteiger partial charge in [0.05, 0.1) is 24.8 Å². The van der Waals surface area contributed by atoms with Crippen molar-refractivity contribution in [1.82, 2.24) is 15.5 Å². The monoisotopic (exact) mass is 476 g/mol.